The molecular formula is C13H22N2O3. The highest BCUT2D eigenvalue weighted by Gasteiger charge is 2.46. The molecule has 0 saturated carbocycles. The Morgan fingerprint density at radius 3 is 2.44 bits per heavy atom. The van der Waals surface area contributed by atoms with Gasteiger partial charge in [-0.25, -0.2) is 4.79 Å². The molecule has 5 nitrogen and oxygen atoms in total. The van der Waals surface area contributed by atoms with E-state index in [1.165, 1.54) is 0 Å². The molecule has 2 aliphatic rings. The second-order valence-corrected chi connectivity index (χ2v) is 6.21. The van der Waals surface area contributed by atoms with Crippen LogP contribution in [0.2, 0.25) is 0 Å². The molecule has 0 aromatic carbocycles. The van der Waals surface area contributed by atoms with E-state index < -0.39 is 5.60 Å². The summed E-state index contributed by atoms with van der Waals surface area (Å²) in [5, 5.41) is 0. The molecule has 2 unspecified atom stereocenters. The van der Waals surface area contributed by atoms with Gasteiger partial charge in [-0.3, -0.25) is 4.79 Å². The number of amides is 2. The Labute approximate surface area is 108 Å². The second-order valence-electron chi connectivity index (χ2n) is 6.21. The third kappa shape index (κ3) is 2.60. The molecule has 2 amide bonds. The highest BCUT2D eigenvalue weighted by atomic mass is 16.6. The predicted octanol–water partition coefficient (Wildman–Crippen LogP) is 1.47. The van der Waals surface area contributed by atoms with Crippen LogP contribution in [0.3, 0.4) is 0 Å². The maximum atomic E-state index is 12.0. The van der Waals surface area contributed by atoms with Crippen LogP contribution in [-0.4, -0.2) is 53.1 Å². The first-order valence-corrected chi connectivity index (χ1v) is 6.53. The minimum Gasteiger partial charge on any atom is -0.444 e. The highest BCUT2D eigenvalue weighted by molar-refractivity contribution is 5.74. The van der Waals surface area contributed by atoms with E-state index in [-0.39, 0.29) is 18.0 Å². The van der Waals surface area contributed by atoms with Crippen molar-refractivity contribution in [3.8, 4) is 0 Å². The summed E-state index contributed by atoms with van der Waals surface area (Å²) in [5.74, 6) is 0.623. The molecule has 102 valence electrons. The average molecular weight is 254 g/mol. The minimum absolute atomic E-state index is 0.0875. The first kappa shape index (κ1) is 13.2. The van der Waals surface area contributed by atoms with Crippen molar-refractivity contribution in [2.75, 3.05) is 19.6 Å². The number of fused-ring (bicyclic) bond motifs is 1. The number of hydrogen-bond acceptors (Lipinski definition) is 3. The van der Waals surface area contributed by atoms with Crippen molar-refractivity contribution >= 4 is 12.0 Å². The minimum atomic E-state index is -0.461. The Kier molecular flexibility index (Phi) is 3.25. The summed E-state index contributed by atoms with van der Waals surface area (Å²) in [7, 11) is 0. The van der Waals surface area contributed by atoms with Crippen LogP contribution in [0, 0.1) is 5.92 Å². The second kappa shape index (κ2) is 4.44. The van der Waals surface area contributed by atoms with Crippen molar-refractivity contribution in [2.24, 2.45) is 5.92 Å². The van der Waals surface area contributed by atoms with E-state index in [0.29, 0.717) is 12.5 Å². The van der Waals surface area contributed by atoms with E-state index in [0.717, 1.165) is 19.5 Å². The lowest BCUT2D eigenvalue weighted by molar-refractivity contribution is -0.135. The predicted molar refractivity (Wildman–Crippen MR) is 67.1 cm³/mol. The number of rotatable bonds is 0. The SMILES string of the molecule is CC(=O)N1CCC2CN(C(=O)OC(C)(C)C)C2C1. The van der Waals surface area contributed by atoms with Gasteiger partial charge in [0, 0.05) is 32.5 Å². The summed E-state index contributed by atoms with van der Waals surface area (Å²) in [6.07, 6.45) is 0.734. The Bertz CT molecular complexity index is 362. The van der Waals surface area contributed by atoms with Crippen molar-refractivity contribution in [1.82, 2.24) is 9.80 Å². The average Bonchev–Trinajstić information content (AvgIpc) is 2.16. The molecular weight excluding hydrogens is 232 g/mol. The molecule has 2 atom stereocenters. The number of ether oxygens (including phenoxy) is 1. The lowest BCUT2D eigenvalue weighted by Crippen LogP contribution is -2.66. The van der Waals surface area contributed by atoms with Crippen LogP contribution >= 0.6 is 0 Å². The molecule has 2 rings (SSSR count). The van der Waals surface area contributed by atoms with Crippen LogP contribution in [-0.2, 0) is 9.53 Å². The number of hydrogen-bond donors (Lipinski definition) is 0. The van der Waals surface area contributed by atoms with Crippen molar-refractivity contribution in [2.45, 2.75) is 45.8 Å². The molecule has 2 aliphatic heterocycles. The van der Waals surface area contributed by atoms with Gasteiger partial charge in [0.15, 0.2) is 0 Å². The smallest absolute Gasteiger partial charge is 0.410 e. The van der Waals surface area contributed by atoms with E-state index in [9.17, 15) is 9.59 Å². The molecule has 0 radical (unpaired) electrons. The number of nitrogens with zero attached hydrogens (tertiary/aromatic N) is 2. The molecule has 5 heteroatoms. The Morgan fingerprint density at radius 1 is 1.22 bits per heavy atom. The van der Waals surface area contributed by atoms with E-state index in [1.807, 2.05) is 25.7 Å². The van der Waals surface area contributed by atoms with Crippen LogP contribution in [0.5, 0.6) is 0 Å². The Morgan fingerprint density at radius 2 is 1.89 bits per heavy atom. The molecule has 0 spiro atoms. The Hall–Kier alpha value is -1.26. The molecule has 2 saturated heterocycles. The lowest BCUT2D eigenvalue weighted by atomic mass is 9.82. The monoisotopic (exact) mass is 254 g/mol. The van der Waals surface area contributed by atoms with Crippen LogP contribution in [0.4, 0.5) is 4.79 Å². The van der Waals surface area contributed by atoms with Gasteiger partial charge in [-0.05, 0) is 27.2 Å². The third-order valence-electron chi connectivity index (χ3n) is 3.63. The summed E-state index contributed by atoms with van der Waals surface area (Å²) in [6, 6.07) is 0.150. The number of piperidine rings is 1. The maximum absolute atomic E-state index is 12.0. The van der Waals surface area contributed by atoms with Gasteiger partial charge in [-0.2, -0.15) is 0 Å². The van der Waals surface area contributed by atoms with Gasteiger partial charge in [0.25, 0.3) is 0 Å². The van der Waals surface area contributed by atoms with E-state index >= 15 is 0 Å². The summed E-state index contributed by atoms with van der Waals surface area (Å²) in [5.41, 5.74) is -0.461. The fourth-order valence-electron chi connectivity index (χ4n) is 2.61. The standard InChI is InChI=1S/C13H22N2O3/c1-9(16)14-6-5-10-7-15(11(10)8-14)12(17)18-13(2,3)4/h10-11H,5-8H2,1-4H3. The maximum Gasteiger partial charge on any atom is 0.410 e. The van der Waals surface area contributed by atoms with Gasteiger partial charge in [0.05, 0.1) is 6.04 Å². The lowest BCUT2D eigenvalue weighted by Gasteiger charge is -2.52. The van der Waals surface area contributed by atoms with Crippen molar-refractivity contribution in [3.05, 3.63) is 0 Å². The first-order chi connectivity index (χ1) is 8.28. The molecule has 0 N–H and O–H groups in total. The molecule has 2 fully saturated rings. The van der Waals surface area contributed by atoms with E-state index in [4.69, 9.17) is 4.74 Å². The zero-order valence-corrected chi connectivity index (χ0v) is 11.6. The topological polar surface area (TPSA) is 49.9 Å². The number of carbonyl (C=O) groups excluding carboxylic acids is 2. The highest BCUT2D eigenvalue weighted by Crippen LogP contribution is 2.33. The fourth-order valence-corrected chi connectivity index (χ4v) is 2.61. The van der Waals surface area contributed by atoms with Crippen molar-refractivity contribution in [3.63, 3.8) is 0 Å². The first-order valence-electron chi connectivity index (χ1n) is 6.53. The van der Waals surface area contributed by atoms with Crippen molar-refractivity contribution < 1.29 is 14.3 Å². The molecule has 0 aliphatic carbocycles. The van der Waals surface area contributed by atoms with Gasteiger partial charge in [-0.1, -0.05) is 0 Å². The third-order valence-corrected chi connectivity index (χ3v) is 3.63. The van der Waals surface area contributed by atoms with Gasteiger partial charge >= 0.3 is 6.09 Å². The number of carbonyl (C=O) groups is 2. The van der Waals surface area contributed by atoms with E-state index in [1.54, 1.807) is 11.8 Å². The van der Waals surface area contributed by atoms with Gasteiger partial charge < -0.3 is 14.5 Å². The number of likely N-dealkylation sites (tertiary alicyclic amines) is 2. The van der Waals surface area contributed by atoms with Gasteiger partial charge in [0.2, 0.25) is 5.91 Å². The van der Waals surface area contributed by atoms with Gasteiger partial charge in [-0.15, -0.1) is 0 Å². The summed E-state index contributed by atoms with van der Waals surface area (Å²) >= 11 is 0. The zero-order valence-electron chi connectivity index (χ0n) is 11.6. The van der Waals surface area contributed by atoms with Gasteiger partial charge in [0.1, 0.15) is 5.60 Å². The summed E-state index contributed by atoms with van der Waals surface area (Å²) < 4.78 is 5.37. The summed E-state index contributed by atoms with van der Waals surface area (Å²) in [4.78, 5) is 26.9. The Balaban J connectivity index is 1.94. The zero-order chi connectivity index (χ0) is 13.5. The van der Waals surface area contributed by atoms with Crippen LogP contribution < -0.4 is 0 Å². The quantitative estimate of drug-likeness (QED) is 0.658. The molecule has 18 heavy (non-hydrogen) atoms. The molecule has 0 aromatic rings. The summed E-state index contributed by atoms with van der Waals surface area (Å²) in [6.45, 7) is 9.42. The molecule has 2 heterocycles. The van der Waals surface area contributed by atoms with Crippen molar-refractivity contribution in [1.29, 1.82) is 0 Å². The fraction of sp³-hybridized carbons (Fsp3) is 0.846. The van der Waals surface area contributed by atoms with Crippen LogP contribution in [0.1, 0.15) is 34.1 Å². The van der Waals surface area contributed by atoms with Crippen LogP contribution in [0.15, 0.2) is 0 Å². The molecule has 0 aromatic heterocycles. The largest absolute Gasteiger partial charge is 0.444 e. The molecule has 0 bridgehead atoms. The normalized spacial score (nSPS) is 27.3. The van der Waals surface area contributed by atoms with E-state index in [2.05, 4.69) is 0 Å². The van der Waals surface area contributed by atoms with Crippen LogP contribution in [0.25, 0.3) is 0 Å².